The second-order valence-electron chi connectivity index (χ2n) is 4.16. The van der Waals surface area contributed by atoms with Crippen molar-refractivity contribution in [3.8, 4) is 5.75 Å². The Bertz CT molecular complexity index is 646. The van der Waals surface area contributed by atoms with Gasteiger partial charge in [0, 0.05) is 12.6 Å². The molecule has 2 rings (SSSR count). The summed E-state index contributed by atoms with van der Waals surface area (Å²) in [5, 5.41) is 0. The summed E-state index contributed by atoms with van der Waals surface area (Å²) in [4.78, 5) is 13.6. The van der Waals surface area contributed by atoms with E-state index in [2.05, 4.69) is 15.9 Å². The summed E-state index contributed by atoms with van der Waals surface area (Å²) in [6.07, 6.45) is 0. The number of nitrogens with zero attached hydrogens (tertiary/aromatic N) is 1. The molecule has 0 aromatic heterocycles. The van der Waals surface area contributed by atoms with Gasteiger partial charge in [0.1, 0.15) is 11.6 Å². The number of halogens is 2. The van der Waals surface area contributed by atoms with Crippen molar-refractivity contribution < 1.29 is 13.9 Å². The Balaban J connectivity index is 2.32. The fraction of sp³-hybridized carbons (Fsp3) is 0.133. The summed E-state index contributed by atoms with van der Waals surface area (Å²) in [6, 6.07) is 11.1. The normalized spacial score (nSPS) is 10.2. The van der Waals surface area contributed by atoms with Crippen LogP contribution in [0.3, 0.4) is 0 Å². The Hall–Kier alpha value is -1.88. The number of benzene rings is 2. The Morgan fingerprint density at radius 3 is 2.55 bits per heavy atom. The van der Waals surface area contributed by atoms with Gasteiger partial charge in [-0.05, 0) is 46.3 Å². The van der Waals surface area contributed by atoms with Gasteiger partial charge in [-0.15, -0.1) is 0 Å². The summed E-state index contributed by atoms with van der Waals surface area (Å²) in [6.45, 7) is 0. The SMILES string of the molecule is COc1ccc(C(=O)N(C)c2ccccc2F)cc1Br. The van der Waals surface area contributed by atoms with E-state index in [-0.39, 0.29) is 11.6 Å². The molecule has 0 fully saturated rings. The monoisotopic (exact) mass is 337 g/mol. The average molecular weight is 338 g/mol. The molecule has 2 aromatic carbocycles. The third-order valence-corrected chi connectivity index (χ3v) is 3.54. The topological polar surface area (TPSA) is 29.5 Å². The van der Waals surface area contributed by atoms with Gasteiger partial charge in [0.2, 0.25) is 0 Å². The highest BCUT2D eigenvalue weighted by atomic mass is 79.9. The molecule has 0 saturated heterocycles. The summed E-state index contributed by atoms with van der Waals surface area (Å²) in [7, 11) is 3.09. The van der Waals surface area contributed by atoms with Gasteiger partial charge in [-0.2, -0.15) is 0 Å². The lowest BCUT2D eigenvalue weighted by Gasteiger charge is -2.18. The van der Waals surface area contributed by atoms with Crippen LogP contribution in [0.25, 0.3) is 0 Å². The van der Waals surface area contributed by atoms with E-state index >= 15 is 0 Å². The summed E-state index contributed by atoms with van der Waals surface area (Å²) in [5.41, 5.74) is 0.688. The van der Waals surface area contributed by atoms with Gasteiger partial charge in [0.15, 0.2) is 0 Å². The van der Waals surface area contributed by atoms with Crippen LogP contribution in [0.2, 0.25) is 0 Å². The average Bonchev–Trinajstić information content (AvgIpc) is 2.46. The van der Waals surface area contributed by atoms with Crippen LogP contribution in [0.4, 0.5) is 10.1 Å². The first-order chi connectivity index (χ1) is 9.54. The predicted octanol–water partition coefficient (Wildman–Crippen LogP) is 3.87. The highest BCUT2D eigenvalue weighted by Gasteiger charge is 2.17. The molecule has 5 heteroatoms. The number of anilines is 1. The lowest BCUT2D eigenvalue weighted by molar-refractivity contribution is 0.0992. The van der Waals surface area contributed by atoms with E-state index < -0.39 is 5.82 Å². The molecule has 0 saturated carbocycles. The first-order valence-corrected chi connectivity index (χ1v) is 6.70. The van der Waals surface area contributed by atoms with Crippen LogP contribution in [-0.4, -0.2) is 20.1 Å². The largest absolute Gasteiger partial charge is 0.496 e. The summed E-state index contributed by atoms with van der Waals surface area (Å²) >= 11 is 3.33. The van der Waals surface area contributed by atoms with E-state index in [9.17, 15) is 9.18 Å². The quantitative estimate of drug-likeness (QED) is 0.850. The number of ether oxygens (including phenoxy) is 1. The third-order valence-electron chi connectivity index (χ3n) is 2.92. The molecule has 0 unspecified atom stereocenters. The summed E-state index contributed by atoms with van der Waals surface area (Å²) < 4.78 is 19.5. The molecule has 20 heavy (non-hydrogen) atoms. The maximum Gasteiger partial charge on any atom is 0.258 e. The molecule has 0 radical (unpaired) electrons. The number of carbonyl (C=O) groups is 1. The van der Waals surface area contributed by atoms with Gasteiger partial charge in [0.25, 0.3) is 5.91 Å². The molecule has 1 amide bonds. The smallest absolute Gasteiger partial charge is 0.258 e. The molecular formula is C15H13BrFNO2. The van der Waals surface area contributed by atoms with Gasteiger partial charge in [-0.3, -0.25) is 4.79 Å². The number of hydrogen-bond donors (Lipinski definition) is 0. The number of rotatable bonds is 3. The second-order valence-corrected chi connectivity index (χ2v) is 5.02. The lowest BCUT2D eigenvalue weighted by atomic mass is 10.2. The molecular weight excluding hydrogens is 325 g/mol. The van der Waals surface area contributed by atoms with Gasteiger partial charge < -0.3 is 9.64 Å². The molecule has 3 nitrogen and oxygen atoms in total. The molecule has 0 aliphatic heterocycles. The van der Waals surface area contributed by atoms with E-state index in [1.807, 2.05) is 0 Å². The molecule has 2 aromatic rings. The molecule has 0 atom stereocenters. The van der Waals surface area contributed by atoms with Crippen LogP contribution in [0, 0.1) is 5.82 Å². The number of methoxy groups -OCH3 is 1. The van der Waals surface area contributed by atoms with E-state index in [1.54, 1.807) is 50.6 Å². The van der Waals surface area contributed by atoms with Crippen molar-refractivity contribution in [2.45, 2.75) is 0 Å². The Labute approximate surface area is 125 Å². The Morgan fingerprint density at radius 2 is 1.95 bits per heavy atom. The zero-order valence-electron chi connectivity index (χ0n) is 11.1. The summed E-state index contributed by atoms with van der Waals surface area (Å²) in [5.74, 6) is -0.0931. The standard InChI is InChI=1S/C15H13BrFNO2/c1-18(13-6-4-3-5-12(13)17)15(19)10-7-8-14(20-2)11(16)9-10/h3-9H,1-2H3. The number of para-hydroxylation sites is 1. The fourth-order valence-electron chi connectivity index (χ4n) is 1.83. The van der Waals surface area contributed by atoms with Crippen molar-refractivity contribution in [1.82, 2.24) is 0 Å². The van der Waals surface area contributed by atoms with Crippen molar-refractivity contribution in [1.29, 1.82) is 0 Å². The minimum absolute atomic E-state index is 0.240. The van der Waals surface area contributed by atoms with Crippen molar-refractivity contribution in [3.05, 3.63) is 58.3 Å². The maximum absolute atomic E-state index is 13.7. The number of amides is 1. The first kappa shape index (κ1) is 14.5. The van der Waals surface area contributed by atoms with Gasteiger partial charge in [-0.25, -0.2) is 4.39 Å². The lowest BCUT2D eigenvalue weighted by Crippen LogP contribution is -2.27. The van der Waals surface area contributed by atoms with Crippen molar-refractivity contribution >= 4 is 27.5 Å². The van der Waals surface area contributed by atoms with Crippen LogP contribution < -0.4 is 9.64 Å². The molecule has 0 N–H and O–H groups in total. The van der Waals surface area contributed by atoms with Crippen molar-refractivity contribution in [2.24, 2.45) is 0 Å². The fourth-order valence-corrected chi connectivity index (χ4v) is 2.37. The molecule has 0 bridgehead atoms. The molecule has 0 spiro atoms. The van der Waals surface area contributed by atoms with E-state index in [4.69, 9.17) is 4.74 Å². The minimum Gasteiger partial charge on any atom is -0.496 e. The highest BCUT2D eigenvalue weighted by molar-refractivity contribution is 9.10. The first-order valence-electron chi connectivity index (χ1n) is 5.90. The Kier molecular flexibility index (Phi) is 4.39. The van der Waals surface area contributed by atoms with Gasteiger partial charge >= 0.3 is 0 Å². The van der Waals surface area contributed by atoms with E-state index in [1.165, 1.54) is 11.0 Å². The third kappa shape index (κ3) is 2.82. The van der Waals surface area contributed by atoms with E-state index in [0.29, 0.717) is 15.8 Å². The Morgan fingerprint density at radius 1 is 1.25 bits per heavy atom. The molecule has 0 aliphatic carbocycles. The molecule has 0 aliphatic rings. The second kappa shape index (κ2) is 6.05. The minimum atomic E-state index is -0.434. The van der Waals surface area contributed by atoms with Crippen molar-refractivity contribution in [2.75, 3.05) is 19.1 Å². The molecule has 104 valence electrons. The highest BCUT2D eigenvalue weighted by Crippen LogP contribution is 2.27. The number of carbonyl (C=O) groups excluding carboxylic acids is 1. The van der Waals surface area contributed by atoms with E-state index in [0.717, 1.165) is 0 Å². The van der Waals surface area contributed by atoms with Crippen LogP contribution in [0.1, 0.15) is 10.4 Å². The van der Waals surface area contributed by atoms with Crippen molar-refractivity contribution in [3.63, 3.8) is 0 Å². The van der Waals surface area contributed by atoms with Crippen LogP contribution in [0.15, 0.2) is 46.9 Å². The van der Waals surface area contributed by atoms with Gasteiger partial charge in [0.05, 0.1) is 17.3 Å². The van der Waals surface area contributed by atoms with Gasteiger partial charge in [-0.1, -0.05) is 12.1 Å². The van der Waals surface area contributed by atoms with Crippen LogP contribution in [0.5, 0.6) is 5.75 Å². The zero-order chi connectivity index (χ0) is 14.7. The predicted molar refractivity (Wildman–Crippen MR) is 79.8 cm³/mol. The zero-order valence-corrected chi connectivity index (χ0v) is 12.6. The van der Waals surface area contributed by atoms with Crippen LogP contribution in [-0.2, 0) is 0 Å². The molecule has 0 heterocycles. The van der Waals surface area contributed by atoms with Crippen LogP contribution >= 0.6 is 15.9 Å². The maximum atomic E-state index is 13.7. The number of hydrogen-bond acceptors (Lipinski definition) is 2.